The highest BCUT2D eigenvalue weighted by Crippen LogP contribution is 2.18. The summed E-state index contributed by atoms with van der Waals surface area (Å²) in [7, 11) is -4.57. The van der Waals surface area contributed by atoms with E-state index in [-0.39, 0.29) is 5.75 Å². The number of ether oxygens (including phenoxy) is 2. The minimum atomic E-state index is -4.57. The first-order chi connectivity index (χ1) is 11.7. The van der Waals surface area contributed by atoms with Gasteiger partial charge in [0.15, 0.2) is 6.61 Å². The highest BCUT2D eigenvalue weighted by atomic mass is 127. The lowest BCUT2D eigenvalue weighted by molar-refractivity contribution is -0.137. The number of benzene rings is 2. The predicted octanol–water partition coefficient (Wildman–Crippen LogP) is 2.56. The fourth-order valence-corrected chi connectivity index (χ4v) is 2.99. The van der Waals surface area contributed by atoms with Crippen LogP contribution in [0.5, 0.6) is 5.75 Å². The Morgan fingerprint density at radius 1 is 1.00 bits per heavy atom. The first kappa shape index (κ1) is 20.1. The van der Waals surface area contributed by atoms with Gasteiger partial charge in [-0.25, -0.2) is 18.0 Å². The highest BCUT2D eigenvalue weighted by Gasteiger charge is 2.13. The third-order valence-corrected chi connectivity index (χ3v) is 6.54. The summed E-state index contributed by atoms with van der Waals surface area (Å²) >= 11 is 4.20. The fourth-order valence-electron chi connectivity index (χ4n) is 1.67. The molecule has 0 spiro atoms. The molecule has 2 aromatic rings. The van der Waals surface area contributed by atoms with Crippen LogP contribution < -0.4 is 4.74 Å². The summed E-state index contributed by atoms with van der Waals surface area (Å²) in [6, 6.07) is 9.33. The lowest BCUT2D eigenvalue weighted by Crippen LogP contribution is -2.19. The van der Waals surface area contributed by atoms with Crippen LogP contribution in [0.4, 0.5) is 0 Å². The molecule has 0 fully saturated rings. The molecule has 2 aromatic carbocycles. The van der Waals surface area contributed by atoms with Crippen molar-refractivity contribution < 1.29 is 32.0 Å². The van der Waals surface area contributed by atoms with E-state index in [1.165, 1.54) is 0 Å². The summed E-state index contributed by atoms with van der Waals surface area (Å²) in [5.41, 5.74) is 0.308. The van der Waals surface area contributed by atoms with Crippen molar-refractivity contribution in [3.05, 3.63) is 55.2 Å². The van der Waals surface area contributed by atoms with Crippen LogP contribution in [0, 0.1) is 7.14 Å². The SMILES string of the molecule is O=C(COC(=O)c1ccc(I)c(I)c1)Oc1ccc(S(=O)(=O)[O-])cc1. The number of halogens is 2. The molecule has 0 aliphatic carbocycles. The maximum atomic E-state index is 11.9. The van der Waals surface area contributed by atoms with Gasteiger partial charge in [-0.15, -0.1) is 0 Å². The van der Waals surface area contributed by atoms with E-state index >= 15 is 0 Å². The monoisotopic (exact) mass is 587 g/mol. The zero-order valence-electron chi connectivity index (χ0n) is 12.3. The van der Waals surface area contributed by atoms with Gasteiger partial charge >= 0.3 is 11.9 Å². The molecule has 10 heteroatoms. The number of carbonyl (C=O) groups is 2. The average molecular weight is 587 g/mol. The Hall–Kier alpha value is -1.25. The molecule has 132 valence electrons. The molecule has 0 heterocycles. The van der Waals surface area contributed by atoms with E-state index in [0.29, 0.717) is 5.56 Å². The minimum Gasteiger partial charge on any atom is -0.744 e. The van der Waals surface area contributed by atoms with E-state index in [9.17, 15) is 22.6 Å². The Bertz CT molecular complexity index is 908. The summed E-state index contributed by atoms with van der Waals surface area (Å²) in [6.07, 6.45) is 0. The molecule has 0 aliphatic heterocycles. The molecule has 0 bridgehead atoms. The van der Waals surface area contributed by atoms with E-state index in [0.717, 1.165) is 31.4 Å². The van der Waals surface area contributed by atoms with Gasteiger partial charge in [0.25, 0.3) is 0 Å². The molecule has 0 radical (unpaired) electrons. The molecule has 7 nitrogen and oxygen atoms in total. The van der Waals surface area contributed by atoms with Crippen molar-refractivity contribution in [3.8, 4) is 5.75 Å². The number of hydrogen-bond acceptors (Lipinski definition) is 7. The Morgan fingerprint density at radius 3 is 2.20 bits per heavy atom. The Kier molecular flexibility index (Phi) is 6.76. The van der Waals surface area contributed by atoms with Gasteiger partial charge in [0.1, 0.15) is 15.9 Å². The van der Waals surface area contributed by atoms with Crippen molar-refractivity contribution in [2.75, 3.05) is 6.61 Å². The second-order valence-corrected chi connectivity index (χ2v) is 8.31. The maximum Gasteiger partial charge on any atom is 0.349 e. The van der Waals surface area contributed by atoms with Crippen LogP contribution in [-0.4, -0.2) is 31.5 Å². The molecule has 0 aliphatic rings. The van der Waals surface area contributed by atoms with Gasteiger partial charge in [0, 0.05) is 7.14 Å². The number of carbonyl (C=O) groups excluding carboxylic acids is 2. The summed E-state index contributed by atoms with van der Waals surface area (Å²) in [5, 5.41) is 0. The number of rotatable bonds is 5. The van der Waals surface area contributed by atoms with Gasteiger partial charge in [-0.3, -0.25) is 0 Å². The van der Waals surface area contributed by atoms with Gasteiger partial charge in [-0.2, -0.15) is 0 Å². The van der Waals surface area contributed by atoms with Crippen molar-refractivity contribution >= 4 is 67.2 Å². The van der Waals surface area contributed by atoms with Crippen LogP contribution in [0.15, 0.2) is 47.4 Å². The van der Waals surface area contributed by atoms with E-state index in [1.54, 1.807) is 18.2 Å². The first-order valence-corrected chi connectivity index (χ1v) is 10.1. The Morgan fingerprint density at radius 2 is 1.64 bits per heavy atom. The smallest absolute Gasteiger partial charge is 0.349 e. The molecular weight excluding hydrogens is 578 g/mol. The van der Waals surface area contributed by atoms with Gasteiger partial charge in [0.05, 0.1) is 10.5 Å². The zero-order chi connectivity index (χ0) is 18.6. The van der Waals surface area contributed by atoms with Crippen molar-refractivity contribution in [1.82, 2.24) is 0 Å². The third kappa shape index (κ3) is 5.90. The second-order valence-electron chi connectivity index (χ2n) is 4.60. The molecule has 0 atom stereocenters. The Balaban J connectivity index is 1.92. The van der Waals surface area contributed by atoms with Gasteiger partial charge in [-0.1, -0.05) is 0 Å². The van der Waals surface area contributed by atoms with Crippen LogP contribution in [0.2, 0.25) is 0 Å². The van der Waals surface area contributed by atoms with E-state index in [2.05, 4.69) is 45.2 Å². The fraction of sp³-hybridized carbons (Fsp3) is 0.0667. The number of esters is 2. The molecule has 0 amide bonds. The van der Waals surface area contributed by atoms with Gasteiger partial charge in [0.2, 0.25) is 0 Å². The molecule has 0 unspecified atom stereocenters. The average Bonchev–Trinajstić information content (AvgIpc) is 2.55. The normalized spacial score (nSPS) is 11.0. The van der Waals surface area contributed by atoms with Crippen LogP contribution in [0.1, 0.15) is 10.4 Å². The maximum absolute atomic E-state index is 11.9. The van der Waals surface area contributed by atoms with Crippen LogP contribution >= 0.6 is 45.2 Å². The van der Waals surface area contributed by atoms with Gasteiger partial charge < -0.3 is 14.0 Å². The molecule has 0 saturated heterocycles. The topological polar surface area (TPSA) is 110 Å². The molecule has 0 aromatic heterocycles. The number of hydrogen-bond donors (Lipinski definition) is 0. The van der Waals surface area contributed by atoms with Crippen molar-refractivity contribution in [2.45, 2.75) is 4.90 Å². The largest absolute Gasteiger partial charge is 0.744 e. The molecule has 25 heavy (non-hydrogen) atoms. The first-order valence-electron chi connectivity index (χ1n) is 6.55. The lowest BCUT2D eigenvalue weighted by atomic mass is 10.2. The molecular formula is C15H9I2O7S-. The van der Waals surface area contributed by atoms with E-state index in [1.807, 2.05) is 0 Å². The second kappa shape index (κ2) is 8.42. The van der Waals surface area contributed by atoms with Gasteiger partial charge in [-0.05, 0) is 87.6 Å². The summed E-state index contributed by atoms with van der Waals surface area (Å²) in [4.78, 5) is 23.1. The van der Waals surface area contributed by atoms with Crippen LogP contribution in [-0.2, 0) is 19.6 Å². The lowest BCUT2D eigenvalue weighted by Gasteiger charge is -2.09. The van der Waals surface area contributed by atoms with Crippen molar-refractivity contribution in [1.29, 1.82) is 0 Å². The van der Waals surface area contributed by atoms with Crippen molar-refractivity contribution in [2.24, 2.45) is 0 Å². The summed E-state index contributed by atoms with van der Waals surface area (Å²) < 4.78 is 44.0. The molecule has 0 saturated carbocycles. The zero-order valence-corrected chi connectivity index (χ0v) is 17.4. The van der Waals surface area contributed by atoms with Crippen molar-refractivity contribution in [3.63, 3.8) is 0 Å². The minimum absolute atomic E-state index is 0.0252. The standard InChI is InChI=1S/C15H10I2O7S/c16-12-6-1-9(7-13(12)17)15(19)23-8-14(18)24-10-2-4-11(5-3-10)25(20,21)22/h1-7H,8H2,(H,20,21,22)/p-1. The summed E-state index contributed by atoms with van der Waals surface area (Å²) in [6.45, 7) is -0.608. The molecule has 0 N–H and O–H groups in total. The summed E-state index contributed by atoms with van der Waals surface area (Å²) in [5.74, 6) is -1.48. The quantitative estimate of drug-likeness (QED) is 0.229. The Labute approximate surface area is 170 Å². The van der Waals surface area contributed by atoms with E-state index in [4.69, 9.17) is 9.47 Å². The molecule has 2 rings (SSSR count). The van der Waals surface area contributed by atoms with Crippen LogP contribution in [0.25, 0.3) is 0 Å². The predicted molar refractivity (Wildman–Crippen MR) is 102 cm³/mol. The highest BCUT2D eigenvalue weighted by molar-refractivity contribution is 14.1. The van der Waals surface area contributed by atoms with E-state index < -0.39 is 33.6 Å². The third-order valence-electron chi connectivity index (χ3n) is 2.82. The van der Waals surface area contributed by atoms with Crippen LogP contribution in [0.3, 0.4) is 0 Å².